The quantitative estimate of drug-likeness (QED) is 0.755. The normalized spacial score (nSPS) is 12.5. The zero-order valence-electron chi connectivity index (χ0n) is 14.7. The van der Waals surface area contributed by atoms with Gasteiger partial charge in [-0.05, 0) is 44.4 Å². The highest BCUT2D eigenvalue weighted by Gasteiger charge is 2.15. The Morgan fingerprint density at radius 3 is 2.83 bits per heavy atom. The van der Waals surface area contributed by atoms with Crippen molar-refractivity contribution >= 4 is 16.8 Å². The third kappa shape index (κ3) is 2.94. The Balaban J connectivity index is 1.83. The lowest BCUT2D eigenvalue weighted by Crippen LogP contribution is -2.30. The van der Waals surface area contributed by atoms with Gasteiger partial charge in [-0.2, -0.15) is 0 Å². The molecule has 5 nitrogen and oxygen atoms in total. The average Bonchev–Trinajstić information content (AvgIpc) is 3.20. The summed E-state index contributed by atoms with van der Waals surface area (Å²) in [5.74, 6) is -0.0124. The predicted octanol–water partition coefficient (Wildman–Crippen LogP) is 3.42. The van der Waals surface area contributed by atoms with Crippen LogP contribution in [0.1, 0.15) is 42.3 Å². The number of hydrogen-bond donors (Lipinski definition) is 2. The molecule has 24 heavy (non-hydrogen) atoms. The third-order valence-corrected chi connectivity index (χ3v) is 4.66. The van der Waals surface area contributed by atoms with Crippen molar-refractivity contribution in [1.82, 2.24) is 19.9 Å². The van der Waals surface area contributed by atoms with Gasteiger partial charge in [0.25, 0.3) is 0 Å². The zero-order valence-corrected chi connectivity index (χ0v) is 14.7. The SMILES string of the molecule is CCc1[nH]c2c(CNC(=O)[C@H](C)n3ccnc3)cc(C)cc2c1C. The molecule has 3 aromatic rings. The molecule has 5 heteroatoms. The molecular weight excluding hydrogens is 300 g/mol. The molecule has 0 aliphatic carbocycles. The molecule has 0 fully saturated rings. The zero-order chi connectivity index (χ0) is 17.3. The highest BCUT2D eigenvalue weighted by molar-refractivity contribution is 5.88. The van der Waals surface area contributed by atoms with Crippen LogP contribution in [0.2, 0.25) is 0 Å². The minimum absolute atomic E-state index is 0.0124. The number of H-pyrrole nitrogens is 1. The van der Waals surface area contributed by atoms with Crippen LogP contribution >= 0.6 is 0 Å². The van der Waals surface area contributed by atoms with Crippen molar-refractivity contribution in [3.8, 4) is 0 Å². The van der Waals surface area contributed by atoms with Crippen LogP contribution in [-0.4, -0.2) is 20.4 Å². The maximum absolute atomic E-state index is 12.4. The molecule has 0 saturated carbocycles. The molecular formula is C19H24N4O. The third-order valence-electron chi connectivity index (χ3n) is 4.66. The number of rotatable bonds is 5. The molecule has 1 amide bonds. The van der Waals surface area contributed by atoms with Gasteiger partial charge in [-0.3, -0.25) is 4.79 Å². The second kappa shape index (κ2) is 6.51. The van der Waals surface area contributed by atoms with Crippen LogP contribution in [0.5, 0.6) is 0 Å². The van der Waals surface area contributed by atoms with Crippen LogP contribution in [-0.2, 0) is 17.8 Å². The van der Waals surface area contributed by atoms with Crippen LogP contribution in [0.15, 0.2) is 30.9 Å². The standard InChI is InChI=1S/C19H24N4O/c1-5-17-13(3)16-9-12(2)8-15(18(16)22-17)10-21-19(24)14(4)23-7-6-20-11-23/h6-9,11,14,22H,5,10H2,1-4H3,(H,21,24)/t14-/m0/s1. The van der Waals surface area contributed by atoms with E-state index >= 15 is 0 Å². The number of imidazole rings is 1. The van der Waals surface area contributed by atoms with Crippen molar-refractivity contribution in [3.05, 3.63) is 53.2 Å². The second-order valence-corrected chi connectivity index (χ2v) is 6.33. The number of aromatic amines is 1. The number of aromatic nitrogens is 3. The number of carbonyl (C=O) groups is 1. The minimum Gasteiger partial charge on any atom is -0.358 e. The summed E-state index contributed by atoms with van der Waals surface area (Å²) >= 11 is 0. The van der Waals surface area contributed by atoms with Crippen molar-refractivity contribution in [2.45, 2.75) is 46.7 Å². The van der Waals surface area contributed by atoms with E-state index in [1.54, 1.807) is 23.3 Å². The molecule has 1 aromatic carbocycles. The Morgan fingerprint density at radius 2 is 2.17 bits per heavy atom. The number of nitrogens with one attached hydrogen (secondary N) is 2. The lowest BCUT2D eigenvalue weighted by Gasteiger charge is -2.14. The molecule has 2 heterocycles. The topological polar surface area (TPSA) is 62.7 Å². The lowest BCUT2D eigenvalue weighted by molar-refractivity contribution is -0.124. The van der Waals surface area contributed by atoms with Crippen molar-refractivity contribution in [2.75, 3.05) is 0 Å². The van der Waals surface area contributed by atoms with E-state index in [4.69, 9.17) is 0 Å². The largest absolute Gasteiger partial charge is 0.358 e. The van der Waals surface area contributed by atoms with Crippen molar-refractivity contribution in [1.29, 1.82) is 0 Å². The average molecular weight is 324 g/mol. The van der Waals surface area contributed by atoms with Gasteiger partial charge in [0.2, 0.25) is 5.91 Å². The van der Waals surface area contributed by atoms with Crippen LogP contribution in [0.4, 0.5) is 0 Å². The molecule has 0 radical (unpaired) electrons. The van der Waals surface area contributed by atoms with E-state index in [-0.39, 0.29) is 11.9 Å². The molecule has 2 N–H and O–H groups in total. The minimum atomic E-state index is -0.274. The maximum Gasteiger partial charge on any atom is 0.243 e. The van der Waals surface area contributed by atoms with Gasteiger partial charge in [0.15, 0.2) is 0 Å². The molecule has 126 valence electrons. The van der Waals surface area contributed by atoms with Gasteiger partial charge in [0, 0.05) is 30.0 Å². The summed E-state index contributed by atoms with van der Waals surface area (Å²) in [5.41, 5.74) is 6.02. The van der Waals surface area contributed by atoms with E-state index in [1.165, 1.54) is 22.2 Å². The smallest absolute Gasteiger partial charge is 0.243 e. The number of nitrogens with zero attached hydrogens (tertiary/aromatic N) is 2. The first-order chi connectivity index (χ1) is 11.5. The molecule has 0 bridgehead atoms. The van der Waals surface area contributed by atoms with E-state index in [2.05, 4.69) is 48.2 Å². The first-order valence-electron chi connectivity index (χ1n) is 8.37. The van der Waals surface area contributed by atoms with E-state index in [9.17, 15) is 4.79 Å². The molecule has 0 spiro atoms. The van der Waals surface area contributed by atoms with Crippen molar-refractivity contribution in [3.63, 3.8) is 0 Å². The molecule has 0 unspecified atom stereocenters. The predicted molar refractivity (Wildman–Crippen MR) is 95.9 cm³/mol. The van der Waals surface area contributed by atoms with Gasteiger partial charge in [-0.25, -0.2) is 4.98 Å². The summed E-state index contributed by atoms with van der Waals surface area (Å²) in [6.07, 6.45) is 6.12. The molecule has 0 aliphatic rings. The number of benzene rings is 1. The van der Waals surface area contributed by atoms with Gasteiger partial charge in [0.05, 0.1) is 11.8 Å². The first kappa shape index (κ1) is 16.3. The van der Waals surface area contributed by atoms with Crippen molar-refractivity contribution < 1.29 is 4.79 Å². The number of aryl methyl sites for hydroxylation is 3. The Kier molecular flexibility index (Phi) is 4.42. The lowest BCUT2D eigenvalue weighted by atomic mass is 10.0. The monoisotopic (exact) mass is 324 g/mol. The fourth-order valence-electron chi connectivity index (χ4n) is 3.17. The fraction of sp³-hybridized carbons (Fsp3) is 0.368. The van der Waals surface area contributed by atoms with E-state index in [0.29, 0.717) is 6.54 Å². The molecule has 1 atom stereocenters. The van der Waals surface area contributed by atoms with Crippen LogP contribution < -0.4 is 5.32 Å². The molecule has 2 aromatic heterocycles. The van der Waals surface area contributed by atoms with Gasteiger partial charge >= 0.3 is 0 Å². The van der Waals surface area contributed by atoms with E-state index < -0.39 is 0 Å². The van der Waals surface area contributed by atoms with Gasteiger partial charge in [-0.15, -0.1) is 0 Å². The van der Waals surface area contributed by atoms with Crippen molar-refractivity contribution in [2.24, 2.45) is 0 Å². The summed E-state index contributed by atoms with van der Waals surface area (Å²) in [7, 11) is 0. The summed E-state index contributed by atoms with van der Waals surface area (Å²) < 4.78 is 1.80. The Labute approximate surface area is 142 Å². The molecule has 0 aliphatic heterocycles. The highest BCUT2D eigenvalue weighted by Crippen LogP contribution is 2.26. The highest BCUT2D eigenvalue weighted by atomic mass is 16.2. The summed E-state index contributed by atoms with van der Waals surface area (Å²) in [5, 5.41) is 4.29. The molecule has 3 rings (SSSR count). The number of fused-ring (bicyclic) bond motifs is 1. The summed E-state index contributed by atoms with van der Waals surface area (Å²) in [6.45, 7) is 8.78. The van der Waals surface area contributed by atoms with E-state index in [1.807, 2.05) is 6.92 Å². The summed E-state index contributed by atoms with van der Waals surface area (Å²) in [4.78, 5) is 19.9. The number of hydrogen-bond acceptors (Lipinski definition) is 2. The van der Waals surface area contributed by atoms with Crippen LogP contribution in [0, 0.1) is 13.8 Å². The number of amides is 1. The van der Waals surface area contributed by atoms with Crippen LogP contribution in [0.3, 0.4) is 0 Å². The fourth-order valence-corrected chi connectivity index (χ4v) is 3.17. The Hall–Kier alpha value is -2.56. The number of carbonyl (C=O) groups excluding carboxylic acids is 1. The summed E-state index contributed by atoms with van der Waals surface area (Å²) in [6, 6.07) is 4.07. The van der Waals surface area contributed by atoms with E-state index in [0.717, 1.165) is 17.5 Å². The van der Waals surface area contributed by atoms with Crippen LogP contribution in [0.25, 0.3) is 10.9 Å². The first-order valence-corrected chi connectivity index (χ1v) is 8.37. The maximum atomic E-state index is 12.4. The van der Waals surface area contributed by atoms with Gasteiger partial charge in [-0.1, -0.05) is 18.6 Å². The Morgan fingerprint density at radius 1 is 1.38 bits per heavy atom. The van der Waals surface area contributed by atoms with Gasteiger partial charge in [0.1, 0.15) is 6.04 Å². The molecule has 0 saturated heterocycles. The second-order valence-electron chi connectivity index (χ2n) is 6.33. The van der Waals surface area contributed by atoms with Gasteiger partial charge < -0.3 is 14.9 Å². The Bertz CT molecular complexity index is 861.